The third-order valence-corrected chi connectivity index (χ3v) is 3.63. The Kier molecular flexibility index (Phi) is 4.62. The lowest BCUT2D eigenvalue weighted by atomic mass is 9.73. The fourth-order valence-electron chi connectivity index (χ4n) is 2.54. The molecule has 0 bridgehead atoms. The van der Waals surface area contributed by atoms with Crippen molar-refractivity contribution in [2.24, 2.45) is 23.5 Å². The van der Waals surface area contributed by atoms with Gasteiger partial charge in [0.25, 0.3) is 0 Å². The third kappa shape index (κ3) is 3.10. The molecule has 2 nitrogen and oxygen atoms in total. The molecule has 0 spiro atoms. The number of nitrogens with two attached hydrogens (primary N) is 1. The summed E-state index contributed by atoms with van der Waals surface area (Å²) < 4.78 is 38.3. The van der Waals surface area contributed by atoms with E-state index in [-0.39, 0.29) is 18.9 Å². The fourth-order valence-corrected chi connectivity index (χ4v) is 2.54. The second kappa shape index (κ2) is 5.36. The van der Waals surface area contributed by atoms with Gasteiger partial charge in [-0.3, -0.25) is 0 Å². The van der Waals surface area contributed by atoms with E-state index in [4.69, 9.17) is 5.73 Å². The van der Waals surface area contributed by atoms with Gasteiger partial charge in [-0.15, -0.1) is 0 Å². The Morgan fingerprint density at radius 1 is 1.31 bits per heavy atom. The highest BCUT2D eigenvalue weighted by atomic mass is 19.4. The van der Waals surface area contributed by atoms with Crippen molar-refractivity contribution in [3.63, 3.8) is 0 Å². The molecule has 0 aromatic rings. The molecule has 0 amide bonds. The van der Waals surface area contributed by atoms with Crippen molar-refractivity contribution in [3.05, 3.63) is 0 Å². The Bertz CT molecular complexity index is 220. The smallest absolute Gasteiger partial charge is 0.392 e. The van der Waals surface area contributed by atoms with Gasteiger partial charge in [0, 0.05) is 0 Å². The standard InChI is InChI=1S/C11H20F3NO/c1-7(6-15)10(16)8-4-2-3-5-9(8)11(12,13)14/h7-10,16H,2-6,15H2,1H3. The first kappa shape index (κ1) is 13.8. The average Bonchev–Trinajstić information content (AvgIpc) is 2.26. The molecule has 5 heteroatoms. The molecule has 4 unspecified atom stereocenters. The van der Waals surface area contributed by atoms with E-state index in [1.54, 1.807) is 6.92 Å². The summed E-state index contributed by atoms with van der Waals surface area (Å²) in [4.78, 5) is 0. The van der Waals surface area contributed by atoms with E-state index < -0.39 is 24.1 Å². The molecule has 16 heavy (non-hydrogen) atoms. The highest BCUT2D eigenvalue weighted by Crippen LogP contribution is 2.43. The first-order valence-electron chi connectivity index (χ1n) is 5.82. The van der Waals surface area contributed by atoms with Crippen molar-refractivity contribution in [2.45, 2.75) is 44.9 Å². The Hall–Kier alpha value is -0.290. The number of hydrogen-bond acceptors (Lipinski definition) is 2. The summed E-state index contributed by atoms with van der Waals surface area (Å²) in [6, 6.07) is 0. The Labute approximate surface area is 94.0 Å². The average molecular weight is 239 g/mol. The van der Waals surface area contributed by atoms with Gasteiger partial charge in [0.2, 0.25) is 0 Å². The molecule has 1 aliphatic rings. The summed E-state index contributed by atoms with van der Waals surface area (Å²) in [5.74, 6) is -2.30. The van der Waals surface area contributed by atoms with E-state index in [0.29, 0.717) is 12.8 Å². The Morgan fingerprint density at radius 3 is 2.38 bits per heavy atom. The predicted octanol–water partition coefficient (Wildman–Crippen LogP) is 2.31. The molecule has 0 aromatic carbocycles. The SMILES string of the molecule is CC(CN)C(O)C1CCCCC1C(F)(F)F. The van der Waals surface area contributed by atoms with Crippen LogP contribution in [0.1, 0.15) is 32.6 Å². The molecular weight excluding hydrogens is 219 g/mol. The molecule has 1 saturated carbocycles. The lowest BCUT2D eigenvalue weighted by Gasteiger charge is -2.37. The van der Waals surface area contributed by atoms with Gasteiger partial charge in [0.15, 0.2) is 0 Å². The quantitative estimate of drug-likeness (QED) is 0.794. The van der Waals surface area contributed by atoms with Crippen LogP contribution >= 0.6 is 0 Å². The van der Waals surface area contributed by atoms with E-state index >= 15 is 0 Å². The Balaban J connectivity index is 2.74. The molecule has 3 N–H and O–H groups in total. The van der Waals surface area contributed by atoms with Gasteiger partial charge in [-0.05, 0) is 31.2 Å². The minimum Gasteiger partial charge on any atom is -0.392 e. The van der Waals surface area contributed by atoms with Crippen molar-refractivity contribution < 1.29 is 18.3 Å². The third-order valence-electron chi connectivity index (χ3n) is 3.63. The summed E-state index contributed by atoms with van der Waals surface area (Å²) in [6.45, 7) is 1.93. The molecule has 1 fully saturated rings. The normalized spacial score (nSPS) is 31.1. The molecule has 1 rings (SSSR count). The highest BCUT2D eigenvalue weighted by Gasteiger charge is 2.48. The number of halogens is 3. The van der Waals surface area contributed by atoms with Crippen molar-refractivity contribution in [1.29, 1.82) is 0 Å². The van der Waals surface area contributed by atoms with E-state index in [1.807, 2.05) is 0 Å². The largest absolute Gasteiger partial charge is 0.392 e. The van der Waals surface area contributed by atoms with Crippen LogP contribution in [0.2, 0.25) is 0 Å². The first-order chi connectivity index (χ1) is 7.38. The Morgan fingerprint density at radius 2 is 1.88 bits per heavy atom. The molecule has 4 atom stereocenters. The predicted molar refractivity (Wildman–Crippen MR) is 55.7 cm³/mol. The molecule has 0 aromatic heterocycles. The van der Waals surface area contributed by atoms with Crippen molar-refractivity contribution >= 4 is 0 Å². The van der Waals surface area contributed by atoms with Crippen molar-refractivity contribution in [1.82, 2.24) is 0 Å². The molecule has 1 aliphatic carbocycles. The lowest BCUT2D eigenvalue weighted by molar-refractivity contribution is -0.209. The van der Waals surface area contributed by atoms with Gasteiger partial charge in [-0.25, -0.2) is 0 Å². The van der Waals surface area contributed by atoms with Crippen molar-refractivity contribution in [3.8, 4) is 0 Å². The van der Waals surface area contributed by atoms with Gasteiger partial charge >= 0.3 is 6.18 Å². The van der Waals surface area contributed by atoms with E-state index in [9.17, 15) is 18.3 Å². The fraction of sp³-hybridized carbons (Fsp3) is 1.00. The van der Waals surface area contributed by atoms with E-state index in [2.05, 4.69) is 0 Å². The van der Waals surface area contributed by atoms with Crippen LogP contribution in [0.15, 0.2) is 0 Å². The second-order valence-electron chi connectivity index (χ2n) is 4.80. The number of rotatable bonds is 3. The molecule has 0 saturated heterocycles. The maximum absolute atomic E-state index is 12.8. The zero-order valence-corrected chi connectivity index (χ0v) is 9.50. The number of alkyl halides is 3. The van der Waals surface area contributed by atoms with Gasteiger partial charge in [0.05, 0.1) is 12.0 Å². The molecule has 0 radical (unpaired) electrons. The van der Waals surface area contributed by atoms with Crippen LogP contribution in [-0.2, 0) is 0 Å². The van der Waals surface area contributed by atoms with Gasteiger partial charge in [-0.2, -0.15) is 13.2 Å². The summed E-state index contributed by atoms with van der Waals surface area (Å²) >= 11 is 0. The number of hydrogen-bond donors (Lipinski definition) is 2. The molecule has 96 valence electrons. The topological polar surface area (TPSA) is 46.2 Å². The minimum absolute atomic E-state index is 0.141. The lowest BCUT2D eigenvalue weighted by Crippen LogP contribution is -2.43. The van der Waals surface area contributed by atoms with Gasteiger partial charge < -0.3 is 10.8 Å². The van der Waals surface area contributed by atoms with Crippen molar-refractivity contribution in [2.75, 3.05) is 6.54 Å². The molecule has 0 heterocycles. The van der Waals surface area contributed by atoms with Crippen LogP contribution in [0.3, 0.4) is 0 Å². The summed E-state index contributed by atoms with van der Waals surface area (Å²) in [6.07, 6.45) is -3.16. The zero-order chi connectivity index (χ0) is 12.3. The monoisotopic (exact) mass is 239 g/mol. The van der Waals surface area contributed by atoms with Gasteiger partial charge in [-0.1, -0.05) is 19.8 Å². The van der Waals surface area contributed by atoms with Crippen LogP contribution < -0.4 is 5.73 Å². The number of aliphatic hydroxyl groups is 1. The summed E-state index contributed by atoms with van der Waals surface area (Å²) in [7, 11) is 0. The first-order valence-corrected chi connectivity index (χ1v) is 5.82. The van der Waals surface area contributed by atoms with Crippen LogP contribution in [0, 0.1) is 17.8 Å². The van der Waals surface area contributed by atoms with Gasteiger partial charge in [0.1, 0.15) is 0 Å². The summed E-state index contributed by atoms with van der Waals surface area (Å²) in [5, 5.41) is 9.90. The van der Waals surface area contributed by atoms with E-state index in [1.165, 1.54) is 0 Å². The molecular formula is C11H20F3NO. The summed E-state index contributed by atoms with van der Waals surface area (Å²) in [5.41, 5.74) is 5.39. The zero-order valence-electron chi connectivity index (χ0n) is 9.50. The minimum atomic E-state index is -4.19. The molecule has 0 aliphatic heterocycles. The highest BCUT2D eigenvalue weighted by molar-refractivity contribution is 4.87. The van der Waals surface area contributed by atoms with Crippen LogP contribution in [0.25, 0.3) is 0 Å². The maximum atomic E-state index is 12.8. The van der Waals surface area contributed by atoms with Crippen LogP contribution in [-0.4, -0.2) is 23.9 Å². The van der Waals surface area contributed by atoms with E-state index in [0.717, 1.165) is 6.42 Å². The van der Waals surface area contributed by atoms with Crippen LogP contribution in [0.4, 0.5) is 13.2 Å². The van der Waals surface area contributed by atoms with Crippen LogP contribution in [0.5, 0.6) is 0 Å². The maximum Gasteiger partial charge on any atom is 0.392 e. The number of aliphatic hydroxyl groups excluding tert-OH is 1. The second-order valence-corrected chi connectivity index (χ2v) is 4.80.